The Morgan fingerprint density at radius 3 is 2.35 bits per heavy atom. The number of aromatic nitrogens is 3. The molecular weight excluding hydrogens is 422 g/mol. The second-order valence-corrected chi connectivity index (χ2v) is 10.0. The second kappa shape index (κ2) is 9.87. The number of amides is 1. The SMILES string of the molecule is Cc1nc2c(c(C)nn2-c2ccccc2)c(C)c1CCC(=O)N1CCN(C2CCCCC2)CC1. The molecule has 2 aromatic heterocycles. The van der Waals surface area contributed by atoms with Gasteiger partial charge in [-0.3, -0.25) is 9.69 Å². The molecule has 1 saturated heterocycles. The van der Waals surface area contributed by atoms with Crippen LogP contribution in [0.2, 0.25) is 0 Å². The lowest BCUT2D eigenvalue weighted by Gasteiger charge is -2.40. The minimum atomic E-state index is 0.277. The van der Waals surface area contributed by atoms with Gasteiger partial charge in [-0.25, -0.2) is 9.67 Å². The van der Waals surface area contributed by atoms with Crippen LogP contribution in [-0.2, 0) is 11.2 Å². The zero-order valence-electron chi connectivity index (χ0n) is 20.9. The van der Waals surface area contributed by atoms with Gasteiger partial charge in [-0.05, 0) is 63.3 Å². The summed E-state index contributed by atoms with van der Waals surface area (Å²) in [4.78, 5) is 22.7. The largest absolute Gasteiger partial charge is 0.340 e. The van der Waals surface area contributed by atoms with Crippen molar-refractivity contribution in [1.82, 2.24) is 24.6 Å². The molecule has 180 valence electrons. The van der Waals surface area contributed by atoms with E-state index in [-0.39, 0.29) is 5.91 Å². The Bertz CT molecular complexity index is 1150. The number of benzene rings is 1. The molecule has 5 rings (SSSR count). The van der Waals surface area contributed by atoms with Gasteiger partial charge in [-0.15, -0.1) is 0 Å². The normalized spacial score (nSPS) is 18.0. The third kappa shape index (κ3) is 4.48. The van der Waals surface area contributed by atoms with Gasteiger partial charge in [0, 0.05) is 49.7 Å². The van der Waals surface area contributed by atoms with E-state index in [9.17, 15) is 4.79 Å². The molecule has 1 saturated carbocycles. The van der Waals surface area contributed by atoms with Crippen LogP contribution in [0.15, 0.2) is 30.3 Å². The van der Waals surface area contributed by atoms with E-state index in [2.05, 4.69) is 35.8 Å². The smallest absolute Gasteiger partial charge is 0.222 e. The third-order valence-corrected chi connectivity index (χ3v) is 7.92. The molecule has 0 N–H and O–H groups in total. The minimum absolute atomic E-state index is 0.277. The van der Waals surface area contributed by atoms with E-state index >= 15 is 0 Å². The number of aryl methyl sites for hydroxylation is 3. The van der Waals surface area contributed by atoms with Crippen LogP contribution in [0.4, 0.5) is 0 Å². The number of piperazine rings is 1. The lowest BCUT2D eigenvalue weighted by Crippen LogP contribution is -2.52. The van der Waals surface area contributed by atoms with Gasteiger partial charge in [0.05, 0.1) is 11.4 Å². The van der Waals surface area contributed by atoms with Gasteiger partial charge >= 0.3 is 0 Å². The van der Waals surface area contributed by atoms with Gasteiger partial charge in [-0.1, -0.05) is 37.5 Å². The average molecular weight is 460 g/mol. The Morgan fingerprint density at radius 1 is 0.941 bits per heavy atom. The van der Waals surface area contributed by atoms with E-state index in [1.165, 1.54) is 43.2 Å². The van der Waals surface area contributed by atoms with Crippen LogP contribution in [-0.4, -0.2) is 62.7 Å². The molecule has 0 atom stereocenters. The first-order chi connectivity index (χ1) is 16.5. The van der Waals surface area contributed by atoms with Gasteiger partial charge < -0.3 is 4.90 Å². The maximum atomic E-state index is 13.1. The Balaban J connectivity index is 1.27. The highest BCUT2D eigenvalue weighted by Gasteiger charge is 2.27. The fraction of sp³-hybridized carbons (Fsp3) is 0.536. The first-order valence-corrected chi connectivity index (χ1v) is 13.0. The third-order valence-electron chi connectivity index (χ3n) is 7.92. The Kier molecular flexibility index (Phi) is 6.68. The number of carbonyl (C=O) groups is 1. The fourth-order valence-electron chi connectivity index (χ4n) is 6.00. The Labute approximate surface area is 203 Å². The molecule has 2 aliphatic rings. The van der Waals surface area contributed by atoms with Crippen molar-refractivity contribution in [1.29, 1.82) is 0 Å². The van der Waals surface area contributed by atoms with Crippen LogP contribution in [0.25, 0.3) is 16.7 Å². The first kappa shape index (κ1) is 23.0. The van der Waals surface area contributed by atoms with Gasteiger partial charge in [-0.2, -0.15) is 5.10 Å². The molecule has 3 heterocycles. The molecule has 0 unspecified atom stereocenters. The highest BCUT2D eigenvalue weighted by molar-refractivity contribution is 5.85. The summed E-state index contributed by atoms with van der Waals surface area (Å²) in [7, 11) is 0. The van der Waals surface area contributed by atoms with Crippen molar-refractivity contribution in [3.8, 4) is 5.69 Å². The number of hydrogen-bond donors (Lipinski definition) is 0. The summed E-state index contributed by atoms with van der Waals surface area (Å²) in [5, 5.41) is 5.90. The Hall–Kier alpha value is -2.73. The van der Waals surface area contributed by atoms with E-state index < -0.39 is 0 Å². The number of carbonyl (C=O) groups excluding carboxylic acids is 1. The molecule has 2 fully saturated rings. The number of hydrogen-bond acceptors (Lipinski definition) is 4. The molecule has 6 heteroatoms. The van der Waals surface area contributed by atoms with Crippen LogP contribution in [0.3, 0.4) is 0 Å². The summed E-state index contributed by atoms with van der Waals surface area (Å²) < 4.78 is 1.94. The molecule has 1 aliphatic heterocycles. The van der Waals surface area contributed by atoms with Gasteiger partial charge in [0.15, 0.2) is 5.65 Å². The van der Waals surface area contributed by atoms with Crippen LogP contribution >= 0.6 is 0 Å². The minimum Gasteiger partial charge on any atom is -0.340 e. The summed E-state index contributed by atoms with van der Waals surface area (Å²) >= 11 is 0. The summed E-state index contributed by atoms with van der Waals surface area (Å²) in [6.45, 7) is 10.1. The quantitative estimate of drug-likeness (QED) is 0.552. The molecule has 1 aromatic carbocycles. The summed E-state index contributed by atoms with van der Waals surface area (Å²) in [6, 6.07) is 10.9. The van der Waals surface area contributed by atoms with E-state index in [0.717, 1.165) is 66.8 Å². The van der Waals surface area contributed by atoms with Crippen molar-refractivity contribution in [3.05, 3.63) is 52.8 Å². The molecule has 1 amide bonds. The predicted molar refractivity (Wildman–Crippen MR) is 136 cm³/mol. The number of para-hydroxylation sites is 1. The lowest BCUT2D eigenvalue weighted by atomic mass is 9.94. The number of rotatable bonds is 5. The number of nitrogens with zero attached hydrogens (tertiary/aromatic N) is 5. The first-order valence-electron chi connectivity index (χ1n) is 13.0. The molecule has 3 aromatic rings. The Morgan fingerprint density at radius 2 is 1.65 bits per heavy atom. The van der Waals surface area contributed by atoms with Crippen molar-refractivity contribution in [2.75, 3.05) is 26.2 Å². The zero-order valence-corrected chi connectivity index (χ0v) is 20.9. The van der Waals surface area contributed by atoms with Crippen molar-refractivity contribution < 1.29 is 4.79 Å². The zero-order chi connectivity index (χ0) is 23.7. The predicted octanol–water partition coefficient (Wildman–Crippen LogP) is 4.76. The lowest BCUT2D eigenvalue weighted by molar-refractivity contribution is -0.133. The van der Waals surface area contributed by atoms with E-state index in [0.29, 0.717) is 6.42 Å². The second-order valence-electron chi connectivity index (χ2n) is 10.0. The number of pyridine rings is 1. The molecule has 1 aliphatic carbocycles. The van der Waals surface area contributed by atoms with Crippen LogP contribution in [0.5, 0.6) is 0 Å². The van der Waals surface area contributed by atoms with Gasteiger partial charge in [0.2, 0.25) is 5.91 Å². The van der Waals surface area contributed by atoms with Crippen molar-refractivity contribution in [2.45, 2.75) is 71.8 Å². The van der Waals surface area contributed by atoms with Crippen LogP contribution in [0, 0.1) is 20.8 Å². The highest BCUT2D eigenvalue weighted by Crippen LogP contribution is 2.29. The molecule has 0 radical (unpaired) electrons. The monoisotopic (exact) mass is 459 g/mol. The van der Waals surface area contributed by atoms with E-state index in [4.69, 9.17) is 10.1 Å². The standard InChI is InChI=1S/C28H37N5O/c1-20-25(14-15-26(34)32-18-16-31(17-19-32)23-10-6-4-7-11-23)21(2)29-28-27(20)22(3)30-33(28)24-12-8-5-9-13-24/h5,8-9,12-13,23H,4,6-7,10-11,14-19H2,1-3H3. The van der Waals surface area contributed by atoms with E-state index in [1.54, 1.807) is 0 Å². The molecular formula is C28H37N5O. The van der Waals surface area contributed by atoms with Gasteiger partial charge in [0.25, 0.3) is 0 Å². The topological polar surface area (TPSA) is 54.3 Å². The summed E-state index contributed by atoms with van der Waals surface area (Å²) in [6.07, 6.45) is 8.07. The highest BCUT2D eigenvalue weighted by atomic mass is 16.2. The van der Waals surface area contributed by atoms with Crippen LogP contribution < -0.4 is 0 Å². The van der Waals surface area contributed by atoms with Gasteiger partial charge in [0.1, 0.15) is 0 Å². The number of fused-ring (bicyclic) bond motifs is 1. The van der Waals surface area contributed by atoms with Crippen molar-refractivity contribution in [3.63, 3.8) is 0 Å². The maximum Gasteiger partial charge on any atom is 0.222 e. The van der Waals surface area contributed by atoms with Crippen molar-refractivity contribution >= 4 is 16.9 Å². The maximum absolute atomic E-state index is 13.1. The summed E-state index contributed by atoms with van der Waals surface area (Å²) in [5.41, 5.74) is 6.29. The van der Waals surface area contributed by atoms with Crippen molar-refractivity contribution in [2.24, 2.45) is 0 Å². The molecule has 6 nitrogen and oxygen atoms in total. The molecule has 0 spiro atoms. The van der Waals surface area contributed by atoms with Crippen LogP contribution in [0.1, 0.15) is 61.0 Å². The molecule has 0 bridgehead atoms. The fourth-order valence-corrected chi connectivity index (χ4v) is 6.00. The summed E-state index contributed by atoms with van der Waals surface area (Å²) in [5.74, 6) is 0.277. The average Bonchev–Trinajstić information content (AvgIpc) is 3.21. The molecule has 34 heavy (non-hydrogen) atoms. The van der Waals surface area contributed by atoms with E-state index in [1.807, 2.05) is 29.8 Å².